The lowest BCUT2D eigenvalue weighted by Crippen LogP contribution is -2.51. The number of hydrogen-bond acceptors (Lipinski definition) is 8. The van der Waals surface area contributed by atoms with Crippen molar-refractivity contribution in [3.63, 3.8) is 0 Å². The second kappa shape index (κ2) is 13.6. The van der Waals surface area contributed by atoms with Crippen LogP contribution in [-0.4, -0.2) is 94.6 Å². The summed E-state index contributed by atoms with van der Waals surface area (Å²) in [6.07, 6.45) is 0.599. The van der Waals surface area contributed by atoms with Gasteiger partial charge in [0, 0.05) is 44.5 Å². The highest BCUT2D eigenvalue weighted by Gasteiger charge is 2.39. The van der Waals surface area contributed by atoms with E-state index in [4.69, 9.17) is 14.2 Å². The number of nitrogens with zero attached hydrogens (tertiary/aromatic N) is 3. The van der Waals surface area contributed by atoms with Crippen LogP contribution in [0.5, 0.6) is 11.5 Å². The number of aryl methyl sites for hydroxylation is 1. The van der Waals surface area contributed by atoms with Crippen molar-refractivity contribution in [1.29, 1.82) is 0 Å². The van der Waals surface area contributed by atoms with Gasteiger partial charge >= 0.3 is 12.0 Å². The molecule has 2 aliphatic rings. The fourth-order valence-electron chi connectivity index (χ4n) is 5.32. The quantitative estimate of drug-likeness (QED) is 0.413. The Labute approximate surface area is 248 Å². The lowest BCUT2D eigenvalue weighted by Gasteiger charge is -2.38. The zero-order valence-electron chi connectivity index (χ0n) is 24.9. The van der Waals surface area contributed by atoms with Crippen LogP contribution in [0.25, 0.3) is 0 Å². The van der Waals surface area contributed by atoms with E-state index in [2.05, 4.69) is 10.2 Å². The Kier molecular flexibility index (Phi) is 10.1. The van der Waals surface area contributed by atoms with E-state index >= 15 is 0 Å². The Morgan fingerprint density at radius 1 is 0.976 bits per heavy atom. The molecule has 0 bridgehead atoms. The normalized spacial score (nSPS) is 18.8. The van der Waals surface area contributed by atoms with Crippen LogP contribution in [0.4, 0.5) is 4.79 Å². The second-order valence-electron chi connectivity index (χ2n) is 10.2. The highest BCUT2D eigenvalue weighted by Crippen LogP contribution is 2.36. The molecule has 0 saturated carbocycles. The number of likely N-dealkylation sites (N-methyl/N-ethyl adjacent to an activating group) is 1. The summed E-state index contributed by atoms with van der Waals surface area (Å²) < 4.78 is 44.6. The van der Waals surface area contributed by atoms with Crippen molar-refractivity contribution >= 4 is 22.0 Å². The maximum Gasteiger partial charge on any atom is 0.338 e. The van der Waals surface area contributed by atoms with Gasteiger partial charge in [0.05, 0.1) is 37.3 Å². The van der Waals surface area contributed by atoms with Gasteiger partial charge in [-0.1, -0.05) is 17.7 Å². The molecule has 42 heavy (non-hydrogen) atoms. The number of ether oxygens (including phenoxy) is 3. The zero-order chi connectivity index (χ0) is 30.4. The minimum absolute atomic E-state index is 0.166. The lowest BCUT2D eigenvalue weighted by atomic mass is 9.93. The first kappa shape index (κ1) is 31.3. The molecule has 0 radical (unpaired) electrons. The van der Waals surface area contributed by atoms with Gasteiger partial charge in [0.15, 0.2) is 0 Å². The van der Waals surface area contributed by atoms with Gasteiger partial charge < -0.3 is 19.5 Å². The number of hydrogen-bond donors (Lipinski definition) is 1. The first-order valence-corrected chi connectivity index (χ1v) is 15.6. The number of amides is 2. The van der Waals surface area contributed by atoms with Gasteiger partial charge in [-0.05, 0) is 63.6 Å². The van der Waals surface area contributed by atoms with E-state index in [0.29, 0.717) is 60.9 Å². The highest BCUT2D eigenvalue weighted by atomic mass is 32.2. The van der Waals surface area contributed by atoms with Crippen molar-refractivity contribution in [3.8, 4) is 11.5 Å². The first-order valence-electron chi connectivity index (χ1n) is 14.1. The van der Waals surface area contributed by atoms with Crippen LogP contribution in [0.1, 0.15) is 37.4 Å². The first-order chi connectivity index (χ1) is 20.1. The number of nitrogens with one attached hydrogen (secondary N) is 1. The third kappa shape index (κ3) is 6.71. The molecule has 0 aliphatic carbocycles. The predicted molar refractivity (Wildman–Crippen MR) is 158 cm³/mol. The number of urea groups is 1. The van der Waals surface area contributed by atoms with Gasteiger partial charge in [-0.3, -0.25) is 9.80 Å². The van der Waals surface area contributed by atoms with Crippen molar-refractivity contribution in [2.45, 2.75) is 38.1 Å². The van der Waals surface area contributed by atoms with Crippen molar-refractivity contribution in [3.05, 3.63) is 64.9 Å². The second-order valence-corrected chi connectivity index (χ2v) is 12.1. The molecule has 11 nitrogen and oxygen atoms in total. The number of methoxy groups -OCH3 is 2. The predicted octanol–water partition coefficient (Wildman–Crippen LogP) is 3.31. The van der Waals surface area contributed by atoms with Crippen LogP contribution in [-0.2, 0) is 19.6 Å². The molecule has 2 aromatic rings. The molecular formula is C30H40N4O7S. The average Bonchev–Trinajstić information content (AvgIpc) is 3.23. The molecule has 2 amide bonds. The van der Waals surface area contributed by atoms with E-state index in [1.165, 1.54) is 18.5 Å². The fourth-order valence-corrected chi connectivity index (χ4v) is 6.79. The van der Waals surface area contributed by atoms with E-state index in [9.17, 15) is 18.0 Å². The Hall–Kier alpha value is -3.61. The van der Waals surface area contributed by atoms with E-state index < -0.39 is 22.0 Å². The Morgan fingerprint density at radius 3 is 2.24 bits per heavy atom. The van der Waals surface area contributed by atoms with Crippen LogP contribution in [0.3, 0.4) is 0 Å². The minimum atomic E-state index is -3.65. The van der Waals surface area contributed by atoms with Crippen LogP contribution >= 0.6 is 0 Å². The average molecular weight is 601 g/mol. The summed E-state index contributed by atoms with van der Waals surface area (Å²) in [5.74, 6) is 0.503. The smallest absolute Gasteiger partial charge is 0.338 e. The number of benzene rings is 2. The molecule has 12 heteroatoms. The molecule has 4 rings (SSSR count). The van der Waals surface area contributed by atoms with Gasteiger partial charge in [0.1, 0.15) is 11.5 Å². The molecule has 2 heterocycles. The van der Waals surface area contributed by atoms with Gasteiger partial charge in [-0.25, -0.2) is 18.0 Å². The Morgan fingerprint density at radius 2 is 1.64 bits per heavy atom. The molecule has 1 atom stereocenters. The number of sulfonamides is 1. The van der Waals surface area contributed by atoms with Gasteiger partial charge in [-0.2, -0.15) is 4.31 Å². The maximum atomic E-state index is 13.5. The largest absolute Gasteiger partial charge is 0.497 e. The van der Waals surface area contributed by atoms with Crippen molar-refractivity contribution in [2.75, 3.05) is 60.1 Å². The van der Waals surface area contributed by atoms with Crippen molar-refractivity contribution in [2.24, 2.45) is 0 Å². The van der Waals surface area contributed by atoms with E-state index in [1.54, 1.807) is 54.3 Å². The maximum absolute atomic E-state index is 13.5. The van der Waals surface area contributed by atoms with E-state index in [0.717, 1.165) is 5.56 Å². The lowest BCUT2D eigenvalue weighted by molar-refractivity contribution is -0.139. The standard InChI is InChI=1S/C30H40N4O7S/c1-6-34-26(20-32-13-8-14-33(16-15-32)42(37,38)25-11-9-21(3)10-12-25)27(29(35)41-7-2)28(31-30(34)36)22-17-23(39-4)19-24(18-22)40-5/h9-12,17-19,28H,6-8,13-16,20H2,1-5H3,(H,31,36). The molecule has 1 N–H and O–H groups in total. The molecule has 1 fully saturated rings. The van der Waals surface area contributed by atoms with E-state index in [1.807, 2.05) is 13.8 Å². The summed E-state index contributed by atoms with van der Waals surface area (Å²) in [6, 6.07) is 10.9. The molecule has 0 spiro atoms. The summed E-state index contributed by atoms with van der Waals surface area (Å²) in [6.45, 7) is 7.95. The fraction of sp³-hybridized carbons (Fsp3) is 0.467. The summed E-state index contributed by atoms with van der Waals surface area (Å²) >= 11 is 0. The SMILES string of the molecule is CCOC(=O)C1=C(CN2CCCN(S(=O)(=O)c3ccc(C)cc3)CC2)N(CC)C(=O)NC1c1cc(OC)cc(OC)c1. The topological polar surface area (TPSA) is 118 Å². The van der Waals surface area contributed by atoms with Gasteiger partial charge in [0.2, 0.25) is 10.0 Å². The van der Waals surface area contributed by atoms with Crippen LogP contribution < -0.4 is 14.8 Å². The van der Waals surface area contributed by atoms with Gasteiger partial charge in [0.25, 0.3) is 0 Å². The number of carbonyl (C=O) groups is 2. The molecule has 1 unspecified atom stereocenters. The third-order valence-corrected chi connectivity index (χ3v) is 9.45. The number of carbonyl (C=O) groups excluding carboxylic acids is 2. The third-order valence-electron chi connectivity index (χ3n) is 7.54. The monoisotopic (exact) mass is 600 g/mol. The minimum Gasteiger partial charge on any atom is -0.497 e. The molecular weight excluding hydrogens is 560 g/mol. The Bertz CT molecular complexity index is 1400. The van der Waals surface area contributed by atoms with Crippen LogP contribution in [0.2, 0.25) is 0 Å². The van der Waals surface area contributed by atoms with E-state index in [-0.39, 0.29) is 30.6 Å². The zero-order valence-corrected chi connectivity index (χ0v) is 25.7. The molecule has 2 aliphatic heterocycles. The Balaban J connectivity index is 1.68. The molecule has 2 aromatic carbocycles. The van der Waals surface area contributed by atoms with Crippen LogP contribution in [0.15, 0.2) is 58.6 Å². The van der Waals surface area contributed by atoms with Crippen LogP contribution in [0, 0.1) is 6.92 Å². The highest BCUT2D eigenvalue weighted by molar-refractivity contribution is 7.89. The molecule has 0 aromatic heterocycles. The van der Waals surface area contributed by atoms with Gasteiger partial charge in [-0.15, -0.1) is 0 Å². The summed E-state index contributed by atoms with van der Waals surface area (Å²) in [4.78, 5) is 30.8. The summed E-state index contributed by atoms with van der Waals surface area (Å²) in [5, 5.41) is 2.97. The molecule has 1 saturated heterocycles. The summed E-state index contributed by atoms with van der Waals surface area (Å²) in [7, 11) is -0.583. The van der Waals surface area contributed by atoms with Crippen molar-refractivity contribution < 1.29 is 32.2 Å². The molecule has 228 valence electrons. The van der Waals surface area contributed by atoms with Crippen molar-refractivity contribution in [1.82, 2.24) is 19.4 Å². The summed E-state index contributed by atoms with van der Waals surface area (Å²) in [5.41, 5.74) is 2.45. The number of rotatable bonds is 10. The number of esters is 1.